The maximum Gasteiger partial charge on any atom is 0.335 e. The van der Waals surface area contributed by atoms with Crippen molar-refractivity contribution in [3.05, 3.63) is 95.2 Å². The summed E-state index contributed by atoms with van der Waals surface area (Å²) in [6, 6.07) is 16.2. The van der Waals surface area contributed by atoms with Crippen LogP contribution in [0.1, 0.15) is 57.6 Å². The monoisotopic (exact) mass is 510 g/mol. The average Bonchev–Trinajstić information content (AvgIpc) is 3.61. The van der Waals surface area contributed by atoms with Crippen molar-refractivity contribution >= 4 is 28.7 Å². The van der Waals surface area contributed by atoms with Crippen molar-refractivity contribution in [1.82, 2.24) is 35.2 Å². The fourth-order valence-corrected chi connectivity index (χ4v) is 4.34. The number of nitrogens with one attached hydrogen (secondary N) is 1. The molecule has 1 amide bonds. The lowest BCUT2D eigenvalue weighted by Gasteiger charge is -2.21. The number of carbonyl (C=O) groups excluding carboxylic acids is 1. The minimum atomic E-state index is -0.988. The van der Waals surface area contributed by atoms with Crippen molar-refractivity contribution in [2.75, 3.05) is 4.90 Å². The normalized spacial score (nSPS) is 11.1. The van der Waals surface area contributed by atoms with Crippen molar-refractivity contribution in [3.8, 4) is 0 Å². The molecule has 0 aliphatic rings. The van der Waals surface area contributed by atoms with Gasteiger partial charge in [0.1, 0.15) is 11.5 Å². The summed E-state index contributed by atoms with van der Waals surface area (Å²) in [6.07, 6.45) is 5.89. The zero-order valence-corrected chi connectivity index (χ0v) is 20.8. The van der Waals surface area contributed by atoms with Crippen molar-refractivity contribution in [2.45, 2.75) is 39.3 Å². The molecule has 0 aliphatic heterocycles. The number of carbonyl (C=O) groups is 2. The van der Waals surface area contributed by atoms with Crippen LogP contribution in [0.3, 0.4) is 0 Å². The minimum Gasteiger partial charge on any atom is -0.478 e. The van der Waals surface area contributed by atoms with Gasteiger partial charge in [-0.05, 0) is 47.0 Å². The third-order valence-corrected chi connectivity index (χ3v) is 6.34. The molecule has 0 saturated heterocycles. The Balaban J connectivity index is 1.52. The Morgan fingerprint density at radius 2 is 1.87 bits per heavy atom. The first-order valence-corrected chi connectivity index (χ1v) is 12.3. The lowest BCUT2D eigenvalue weighted by molar-refractivity contribution is 0.0696. The summed E-state index contributed by atoms with van der Waals surface area (Å²) in [5, 5.41) is 24.5. The van der Waals surface area contributed by atoms with E-state index in [1.165, 1.54) is 4.90 Å². The topological polar surface area (TPSA) is 143 Å². The van der Waals surface area contributed by atoms with Gasteiger partial charge in [-0.15, -0.1) is 5.10 Å². The molecule has 0 atom stereocenters. The molecule has 3 aromatic heterocycles. The first-order valence-electron chi connectivity index (χ1n) is 12.3. The molecule has 3 heterocycles. The number of carboxylic acids is 1. The van der Waals surface area contributed by atoms with Gasteiger partial charge in [-0.25, -0.2) is 9.78 Å². The standard InChI is InChI=1S/C27H26N8O3/c1-2-3-8-24-29-15-23(34(24)16-18-9-11-19(12-10-18)26(37)38)25(36)35(27-30-32-33-31-27)17-20-13-14-28-22-7-5-4-6-21(20)22/h4-7,9-15H,2-3,8,16-17H2,1H3,(H,37,38)(H,30,31,32,33). The zero-order chi connectivity index (χ0) is 26.5. The van der Waals surface area contributed by atoms with Crippen LogP contribution in [0.25, 0.3) is 10.9 Å². The third kappa shape index (κ3) is 5.12. The predicted octanol–water partition coefficient (Wildman–Crippen LogP) is 3.88. The molecule has 0 bridgehead atoms. The summed E-state index contributed by atoms with van der Waals surface area (Å²) in [6.45, 7) is 2.66. The number of pyridine rings is 1. The fourth-order valence-electron chi connectivity index (χ4n) is 4.34. The van der Waals surface area contributed by atoms with Gasteiger partial charge < -0.3 is 9.67 Å². The van der Waals surface area contributed by atoms with Crippen LogP contribution in [-0.4, -0.2) is 52.1 Å². The number of hydrogen-bond donors (Lipinski definition) is 2. The number of aryl methyl sites for hydroxylation is 1. The van der Waals surface area contributed by atoms with E-state index in [1.807, 2.05) is 34.9 Å². The van der Waals surface area contributed by atoms with E-state index in [0.717, 1.165) is 40.7 Å². The van der Waals surface area contributed by atoms with Crippen LogP contribution >= 0.6 is 0 Å². The highest BCUT2D eigenvalue weighted by molar-refractivity contribution is 6.04. The Labute approximate surface area is 218 Å². The number of aromatic nitrogens is 7. The number of carboxylic acid groups (broad SMARTS) is 1. The van der Waals surface area contributed by atoms with Crippen molar-refractivity contribution in [3.63, 3.8) is 0 Å². The smallest absolute Gasteiger partial charge is 0.335 e. The van der Waals surface area contributed by atoms with Gasteiger partial charge in [-0.1, -0.05) is 48.8 Å². The third-order valence-electron chi connectivity index (χ3n) is 6.34. The summed E-state index contributed by atoms with van der Waals surface area (Å²) in [4.78, 5) is 35.8. The van der Waals surface area contributed by atoms with Gasteiger partial charge in [-0.2, -0.15) is 5.21 Å². The minimum absolute atomic E-state index is 0.143. The molecule has 0 fully saturated rings. The lowest BCUT2D eigenvalue weighted by Crippen LogP contribution is -2.33. The second kappa shape index (κ2) is 11.0. The van der Waals surface area contributed by atoms with Gasteiger partial charge in [0, 0.05) is 24.5 Å². The number of imidazole rings is 1. The number of hydrogen-bond acceptors (Lipinski definition) is 7. The first kappa shape index (κ1) is 24.8. The highest BCUT2D eigenvalue weighted by atomic mass is 16.4. The van der Waals surface area contributed by atoms with E-state index in [1.54, 1.807) is 36.7 Å². The Kier molecular flexibility index (Phi) is 7.16. The molecule has 11 nitrogen and oxygen atoms in total. The predicted molar refractivity (Wildman–Crippen MR) is 140 cm³/mol. The molecule has 5 aromatic rings. The highest BCUT2D eigenvalue weighted by Crippen LogP contribution is 2.23. The van der Waals surface area contributed by atoms with E-state index in [0.29, 0.717) is 18.7 Å². The Bertz CT molecular complexity index is 1560. The van der Waals surface area contributed by atoms with Gasteiger partial charge in [0.15, 0.2) is 0 Å². The number of aromatic amines is 1. The second-order valence-electron chi connectivity index (χ2n) is 8.84. The molecule has 0 saturated carbocycles. The summed E-state index contributed by atoms with van der Waals surface area (Å²) >= 11 is 0. The van der Waals surface area contributed by atoms with Crippen LogP contribution in [-0.2, 0) is 19.5 Å². The van der Waals surface area contributed by atoms with E-state index >= 15 is 0 Å². The highest BCUT2D eigenvalue weighted by Gasteiger charge is 2.27. The second-order valence-corrected chi connectivity index (χ2v) is 8.84. The molecular weight excluding hydrogens is 484 g/mol. The fraction of sp³-hybridized carbons (Fsp3) is 0.222. The van der Waals surface area contributed by atoms with E-state index in [-0.39, 0.29) is 24.0 Å². The van der Waals surface area contributed by atoms with E-state index in [4.69, 9.17) is 0 Å². The lowest BCUT2D eigenvalue weighted by atomic mass is 10.1. The number of anilines is 1. The molecule has 2 N–H and O–H groups in total. The molecule has 38 heavy (non-hydrogen) atoms. The molecule has 5 rings (SSSR count). The largest absolute Gasteiger partial charge is 0.478 e. The van der Waals surface area contributed by atoms with Crippen LogP contribution in [0.5, 0.6) is 0 Å². The van der Waals surface area contributed by atoms with Gasteiger partial charge in [0.05, 0.1) is 23.8 Å². The summed E-state index contributed by atoms with van der Waals surface area (Å²) in [5.41, 5.74) is 3.14. The number of H-pyrrole nitrogens is 1. The molecule has 11 heteroatoms. The van der Waals surface area contributed by atoms with Crippen LogP contribution in [0.15, 0.2) is 67.0 Å². The van der Waals surface area contributed by atoms with Crippen molar-refractivity contribution in [1.29, 1.82) is 0 Å². The number of benzene rings is 2. The number of tetrazole rings is 1. The Hall–Kier alpha value is -4.93. The molecule has 0 unspecified atom stereocenters. The zero-order valence-electron chi connectivity index (χ0n) is 20.8. The molecule has 2 aromatic carbocycles. The maximum atomic E-state index is 14.1. The van der Waals surface area contributed by atoms with Crippen LogP contribution in [0, 0.1) is 0 Å². The SMILES string of the molecule is CCCCc1ncc(C(=O)N(Cc2ccnc3ccccc23)c2nn[nH]n2)n1Cc1ccc(C(=O)O)cc1. The van der Waals surface area contributed by atoms with Crippen molar-refractivity contribution < 1.29 is 14.7 Å². The quantitative estimate of drug-likeness (QED) is 0.288. The number of nitrogens with zero attached hydrogens (tertiary/aromatic N) is 7. The molecule has 0 radical (unpaired) electrons. The van der Waals surface area contributed by atoms with Crippen LogP contribution in [0.4, 0.5) is 5.95 Å². The van der Waals surface area contributed by atoms with Crippen LogP contribution < -0.4 is 4.90 Å². The van der Waals surface area contributed by atoms with E-state index in [2.05, 4.69) is 37.5 Å². The Morgan fingerprint density at radius 3 is 2.61 bits per heavy atom. The molecule has 192 valence electrons. The summed E-state index contributed by atoms with van der Waals surface area (Å²) < 4.78 is 1.88. The van der Waals surface area contributed by atoms with Gasteiger partial charge in [-0.3, -0.25) is 14.7 Å². The molecule has 0 spiro atoms. The number of aromatic carboxylic acids is 1. The number of rotatable bonds is 10. The van der Waals surface area contributed by atoms with Crippen molar-refractivity contribution in [2.24, 2.45) is 0 Å². The number of fused-ring (bicyclic) bond motifs is 1. The molecular formula is C27H26N8O3. The summed E-state index contributed by atoms with van der Waals surface area (Å²) in [5.74, 6) is -0.396. The van der Waals surface area contributed by atoms with Gasteiger partial charge in [0.25, 0.3) is 11.9 Å². The van der Waals surface area contributed by atoms with Crippen LogP contribution in [0.2, 0.25) is 0 Å². The number of unbranched alkanes of at least 4 members (excludes halogenated alkanes) is 1. The first-order chi connectivity index (χ1) is 18.5. The average molecular weight is 511 g/mol. The van der Waals surface area contributed by atoms with E-state index < -0.39 is 5.97 Å². The molecule has 0 aliphatic carbocycles. The summed E-state index contributed by atoms with van der Waals surface area (Å²) in [7, 11) is 0. The maximum absolute atomic E-state index is 14.1. The van der Waals surface area contributed by atoms with Gasteiger partial charge in [0.2, 0.25) is 0 Å². The number of amides is 1. The van der Waals surface area contributed by atoms with E-state index in [9.17, 15) is 14.7 Å². The number of para-hydroxylation sites is 1. The Morgan fingerprint density at radius 1 is 1.05 bits per heavy atom. The van der Waals surface area contributed by atoms with Gasteiger partial charge >= 0.3 is 5.97 Å².